The van der Waals surface area contributed by atoms with E-state index in [1.165, 1.54) is 6.07 Å². The summed E-state index contributed by atoms with van der Waals surface area (Å²) < 4.78 is 11.5. The first-order chi connectivity index (χ1) is 10.7. The number of hydrogen-bond donors (Lipinski definition) is 0. The van der Waals surface area contributed by atoms with Crippen LogP contribution in [0.15, 0.2) is 54.9 Å². The Labute approximate surface area is 127 Å². The van der Waals surface area contributed by atoms with Crippen LogP contribution in [0, 0.1) is 10.1 Å². The van der Waals surface area contributed by atoms with Gasteiger partial charge in [0.1, 0.15) is 0 Å². The molecule has 1 aliphatic heterocycles. The first kappa shape index (κ1) is 14.4. The molecule has 0 bridgehead atoms. The zero-order valence-electron chi connectivity index (χ0n) is 11.7. The van der Waals surface area contributed by atoms with Crippen LogP contribution in [0.5, 0.6) is 0 Å². The monoisotopic (exact) mass is 298 g/mol. The van der Waals surface area contributed by atoms with Gasteiger partial charge in [-0.15, -0.1) is 0 Å². The van der Waals surface area contributed by atoms with Crippen LogP contribution in [0.2, 0.25) is 0 Å². The number of nitro benzene ring substituents is 1. The number of rotatable bonds is 4. The molecule has 6 nitrogen and oxygen atoms in total. The van der Waals surface area contributed by atoms with Crippen LogP contribution in [0.25, 0.3) is 6.08 Å². The second-order valence-electron chi connectivity index (χ2n) is 4.75. The van der Waals surface area contributed by atoms with E-state index in [2.05, 4.69) is 4.98 Å². The molecule has 1 saturated heterocycles. The summed E-state index contributed by atoms with van der Waals surface area (Å²) in [5.74, 6) is -1.02. The van der Waals surface area contributed by atoms with E-state index < -0.39 is 10.7 Å². The van der Waals surface area contributed by atoms with E-state index in [-0.39, 0.29) is 5.69 Å². The molecule has 1 aromatic carbocycles. The zero-order chi connectivity index (χ0) is 15.4. The van der Waals surface area contributed by atoms with E-state index >= 15 is 0 Å². The highest BCUT2D eigenvalue weighted by atomic mass is 16.7. The van der Waals surface area contributed by atoms with Gasteiger partial charge in [0.2, 0.25) is 5.79 Å². The minimum Gasteiger partial charge on any atom is -0.340 e. The molecule has 0 N–H and O–H groups in total. The summed E-state index contributed by atoms with van der Waals surface area (Å²) in [4.78, 5) is 14.6. The molecule has 1 fully saturated rings. The topological polar surface area (TPSA) is 74.5 Å². The van der Waals surface area contributed by atoms with Crippen LogP contribution >= 0.6 is 0 Å². The molecule has 0 spiro atoms. The van der Waals surface area contributed by atoms with Gasteiger partial charge in [-0.05, 0) is 30.4 Å². The first-order valence-corrected chi connectivity index (χ1v) is 6.82. The van der Waals surface area contributed by atoms with Crippen LogP contribution in [0.1, 0.15) is 11.1 Å². The predicted octanol–water partition coefficient (Wildman–Crippen LogP) is 2.90. The van der Waals surface area contributed by atoms with Crippen molar-refractivity contribution < 1.29 is 14.4 Å². The van der Waals surface area contributed by atoms with Crippen LogP contribution in [-0.2, 0) is 15.3 Å². The molecular weight excluding hydrogens is 284 g/mol. The Hall–Kier alpha value is -2.57. The lowest BCUT2D eigenvalue weighted by Gasteiger charge is -2.23. The van der Waals surface area contributed by atoms with Crippen molar-refractivity contribution >= 4 is 11.8 Å². The number of nitrogens with zero attached hydrogens (tertiary/aromatic N) is 2. The van der Waals surface area contributed by atoms with Crippen molar-refractivity contribution in [2.75, 3.05) is 13.2 Å². The SMILES string of the molecule is O=[N+]([O-])c1ccccc1/C=C\C1(c2ccncc2)OCCO1. The molecule has 0 atom stereocenters. The zero-order valence-corrected chi connectivity index (χ0v) is 11.7. The van der Waals surface area contributed by atoms with Gasteiger partial charge in [0.15, 0.2) is 0 Å². The number of pyridine rings is 1. The Balaban J connectivity index is 1.97. The summed E-state index contributed by atoms with van der Waals surface area (Å²) in [6, 6.07) is 10.1. The van der Waals surface area contributed by atoms with Crippen molar-refractivity contribution in [1.29, 1.82) is 0 Å². The number of ether oxygens (including phenoxy) is 2. The van der Waals surface area contributed by atoms with Crippen LogP contribution in [0.3, 0.4) is 0 Å². The minimum atomic E-state index is -1.02. The number of para-hydroxylation sites is 1. The lowest BCUT2D eigenvalue weighted by atomic mass is 10.0. The third-order valence-corrected chi connectivity index (χ3v) is 3.41. The highest BCUT2D eigenvalue weighted by Crippen LogP contribution is 2.34. The average molecular weight is 298 g/mol. The average Bonchev–Trinajstić information content (AvgIpc) is 3.04. The van der Waals surface area contributed by atoms with E-state index in [0.29, 0.717) is 18.8 Å². The van der Waals surface area contributed by atoms with Gasteiger partial charge in [0.05, 0.1) is 23.7 Å². The Kier molecular flexibility index (Phi) is 3.95. The van der Waals surface area contributed by atoms with E-state index in [9.17, 15) is 10.1 Å². The highest BCUT2D eigenvalue weighted by molar-refractivity contribution is 5.61. The Bertz CT molecular complexity index is 694. The Morgan fingerprint density at radius 3 is 2.50 bits per heavy atom. The van der Waals surface area contributed by atoms with Gasteiger partial charge in [-0.1, -0.05) is 12.1 Å². The third kappa shape index (κ3) is 2.74. The normalized spacial score (nSPS) is 16.9. The molecule has 0 aliphatic carbocycles. The number of benzene rings is 1. The largest absolute Gasteiger partial charge is 0.340 e. The van der Waals surface area contributed by atoms with Crippen molar-refractivity contribution in [2.24, 2.45) is 0 Å². The van der Waals surface area contributed by atoms with E-state index in [1.807, 2.05) is 0 Å². The second-order valence-corrected chi connectivity index (χ2v) is 4.75. The summed E-state index contributed by atoms with van der Waals surface area (Å²) in [5.41, 5.74) is 1.34. The van der Waals surface area contributed by atoms with Crippen molar-refractivity contribution in [2.45, 2.75) is 5.79 Å². The maximum absolute atomic E-state index is 11.1. The lowest BCUT2D eigenvalue weighted by molar-refractivity contribution is -0.385. The van der Waals surface area contributed by atoms with Gasteiger partial charge in [-0.25, -0.2) is 0 Å². The fourth-order valence-corrected chi connectivity index (χ4v) is 2.37. The van der Waals surface area contributed by atoms with Crippen LogP contribution in [0.4, 0.5) is 5.69 Å². The number of nitro groups is 1. The molecule has 1 aliphatic rings. The molecule has 0 amide bonds. The summed E-state index contributed by atoms with van der Waals surface area (Å²) in [5, 5.41) is 11.1. The molecule has 0 unspecified atom stereocenters. The molecule has 3 rings (SSSR count). The van der Waals surface area contributed by atoms with Gasteiger partial charge < -0.3 is 9.47 Å². The molecular formula is C16H14N2O4. The van der Waals surface area contributed by atoms with E-state index in [1.54, 1.807) is 54.9 Å². The molecule has 2 heterocycles. The van der Waals surface area contributed by atoms with Crippen LogP contribution < -0.4 is 0 Å². The van der Waals surface area contributed by atoms with Gasteiger partial charge in [0, 0.05) is 24.0 Å². The fourth-order valence-electron chi connectivity index (χ4n) is 2.37. The molecule has 0 saturated carbocycles. The van der Waals surface area contributed by atoms with Crippen molar-refractivity contribution in [3.8, 4) is 0 Å². The lowest BCUT2D eigenvalue weighted by Crippen LogP contribution is -2.24. The standard InChI is InChI=1S/C16H14N2O4/c19-18(20)15-4-2-1-3-13(15)5-8-16(21-11-12-22-16)14-6-9-17-10-7-14/h1-10H,11-12H2/b8-5-. The van der Waals surface area contributed by atoms with Gasteiger partial charge >= 0.3 is 0 Å². The van der Waals surface area contributed by atoms with Crippen molar-refractivity contribution in [1.82, 2.24) is 4.98 Å². The highest BCUT2D eigenvalue weighted by Gasteiger charge is 2.36. The molecule has 6 heteroatoms. The predicted molar refractivity (Wildman–Crippen MR) is 79.9 cm³/mol. The van der Waals surface area contributed by atoms with E-state index in [4.69, 9.17) is 9.47 Å². The third-order valence-electron chi connectivity index (χ3n) is 3.41. The van der Waals surface area contributed by atoms with Gasteiger partial charge in [-0.2, -0.15) is 0 Å². The quantitative estimate of drug-likeness (QED) is 0.641. The maximum atomic E-state index is 11.1. The second kappa shape index (κ2) is 6.05. The van der Waals surface area contributed by atoms with Crippen molar-refractivity contribution in [3.05, 3.63) is 76.1 Å². The van der Waals surface area contributed by atoms with E-state index in [0.717, 1.165) is 5.56 Å². The Morgan fingerprint density at radius 1 is 1.14 bits per heavy atom. The van der Waals surface area contributed by atoms with Gasteiger partial charge in [-0.3, -0.25) is 15.1 Å². The van der Waals surface area contributed by atoms with Crippen molar-refractivity contribution in [3.63, 3.8) is 0 Å². The maximum Gasteiger partial charge on any atom is 0.276 e. The van der Waals surface area contributed by atoms with Crippen LogP contribution in [-0.4, -0.2) is 23.1 Å². The molecule has 0 radical (unpaired) electrons. The first-order valence-electron chi connectivity index (χ1n) is 6.82. The summed E-state index contributed by atoms with van der Waals surface area (Å²) >= 11 is 0. The fraction of sp³-hybridized carbons (Fsp3) is 0.188. The molecule has 22 heavy (non-hydrogen) atoms. The Morgan fingerprint density at radius 2 is 1.82 bits per heavy atom. The number of aromatic nitrogens is 1. The molecule has 112 valence electrons. The number of hydrogen-bond acceptors (Lipinski definition) is 5. The smallest absolute Gasteiger partial charge is 0.276 e. The summed E-state index contributed by atoms with van der Waals surface area (Å²) in [7, 11) is 0. The minimum absolute atomic E-state index is 0.0432. The van der Waals surface area contributed by atoms with Gasteiger partial charge in [0.25, 0.3) is 5.69 Å². The molecule has 1 aromatic heterocycles. The summed E-state index contributed by atoms with van der Waals surface area (Å²) in [6.07, 6.45) is 6.67. The summed E-state index contributed by atoms with van der Waals surface area (Å²) in [6.45, 7) is 0.924. The molecule has 2 aromatic rings.